The van der Waals surface area contributed by atoms with Crippen LogP contribution in [-0.4, -0.2) is 12.0 Å². The summed E-state index contributed by atoms with van der Waals surface area (Å²) >= 11 is 8.90. The van der Waals surface area contributed by atoms with Crippen LogP contribution >= 0.6 is 54.5 Å². The van der Waals surface area contributed by atoms with E-state index in [1.807, 2.05) is 6.07 Å². The third-order valence-corrected chi connectivity index (χ3v) is 5.83. The van der Waals surface area contributed by atoms with Crippen molar-refractivity contribution in [1.82, 2.24) is 10.3 Å². The first kappa shape index (κ1) is 15.4. The minimum atomic E-state index is -4.40. The predicted octanol–water partition coefficient (Wildman–Crippen LogP) is 5.06. The van der Waals surface area contributed by atoms with Gasteiger partial charge in [-0.2, -0.15) is 13.2 Å². The van der Waals surface area contributed by atoms with Crippen LogP contribution in [0.3, 0.4) is 0 Å². The summed E-state index contributed by atoms with van der Waals surface area (Å²) in [6, 6.07) is 1.56. The number of halogens is 5. The fraction of sp³-hybridized carbons (Fsp3) is 0.300. The first-order chi connectivity index (χ1) is 8.82. The van der Waals surface area contributed by atoms with Gasteiger partial charge in [0.05, 0.1) is 13.6 Å². The van der Waals surface area contributed by atoms with Crippen LogP contribution in [0.15, 0.2) is 19.8 Å². The SMILES string of the molecule is CNC(c1cnc(C(F)(F)F)s1)c1cc(Br)sc1Br. The van der Waals surface area contributed by atoms with Gasteiger partial charge in [0.15, 0.2) is 5.01 Å². The topological polar surface area (TPSA) is 24.9 Å². The van der Waals surface area contributed by atoms with Crippen LogP contribution < -0.4 is 5.32 Å². The lowest BCUT2D eigenvalue weighted by atomic mass is 10.1. The molecule has 19 heavy (non-hydrogen) atoms. The molecule has 0 aliphatic rings. The van der Waals surface area contributed by atoms with Crippen molar-refractivity contribution in [2.75, 3.05) is 7.05 Å². The fourth-order valence-corrected chi connectivity index (χ4v) is 5.37. The zero-order chi connectivity index (χ0) is 14.2. The molecule has 2 rings (SSSR count). The van der Waals surface area contributed by atoms with E-state index in [0.717, 1.165) is 13.1 Å². The maximum atomic E-state index is 12.6. The molecule has 0 spiro atoms. The second kappa shape index (κ2) is 5.80. The van der Waals surface area contributed by atoms with E-state index in [0.29, 0.717) is 16.2 Å². The molecule has 104 valence electrons. The summed E-state index contributed by atoms with van der Waals surface area (Å²) < 4.78 is 39.5. The largest absolute Gasteiger partial charge is 0.443 e. The van der Waals surface area contributed by atoms with E-state index in [1.54, 1.807) is 7.05 Å². The molecular formula is C10H7Br2F3N2S2. The molecule has 1 atom stereocenters. The van der Waals surface area contributed by atoms with E-state index >= 15 is 0 Å². The number of hydrogen-bond acceptors (Lipinski definition) is 4. The highest BCUT2D eigenvalue weighted by Crippen LogP contribution is 2.41. The van der Waals surface area contributed by atoms with Gasteiger partial charge in [-0.3, -0.25) is 0 Å². The molecule has 0 amide bonds. The summed E-state index contributed by atoms with van der Waals surface area (Å²) in [5.41, 5.74) is 0.886. The predicted molar refractivity (Wildman–Crippen MR) is 77.7 cm³/mol. The number of alkyl halides is 3. The van der Waals surface area contributed by atoms with E-state index in [2.05, 4.69) is 42.2 Å². The van der Waals surface area contributed by atoms with Gasteiger partial charge in [0.2, 0.25) is 0 Å². The molecule has 2 aromatic heterocycles. The lowest BCUT2D eigenvalue weighted by Gasteiger charge is -2.13. The van der Waals surface area contributed by atoms with Crippen LogP contribution in [-0.2, 0) is 6.18 Å². The molecule has 0 saturated carbocycles. The zero-order valence-electron chi connectivity index (χ0n) is 9.39. The molecule has 0 aliphatic heterocycles. The van der Waals surface area contributed by atoms with Gasteiger partial charge in [0, 0.05) is 16.6 Å². The Labute approximate surface area is 132 Å². The minimum Gasteiger partial charge on any atom is -0.309 e. The molecule has 2 nitrogen and oxygen atoms in total. The molecule has 0 aromatic carbocycles. The second-order valence-corrected chi connectivity index (χ2v) is 8.38. The Kier molecular flexibility index (Phi) is 4.71. The highest BCUT2D eigenvalue weighted by molar-refractivity contribution is 9.12. The Morgan fingerprint density at radius 3 is 2.42 bits per heavy atom. The van der Waals surface area contributed by atoms with Crippen molar-refractivity contribution in [3.8, 4) is 0 Å². The minimum absolute atomic E-state index is 0.314. The summed E-state index contributed by atoms with van der Waals surface area (Å²) in [5.74, 6) is 0. The number of thiophene rings is 1. The molecule has 0 fully saturated rings. The summed E-state index contributed by atoms with van der Waals surface area (Å²) in [7, 11) is 1.70. The lowest BCUT2D eigenvalue weighted by molar-refractivity contribution is -0.137. The van der Waals surface area contributed by atoms with Crippen molar-refractivity contribution < 1.29 is 13.2 Å². The zero-order valence-corrected chi connectivity index (χ0v) is 14.2. The summed E-state index contributed by atoms with van der Waals surface area (Å²) in [4.78, 5) is 3.98. The van der Waals surface area contributed by atoms with Crippen molar-refractivity contribution in [3.63, 3.8) is 0 Å². The molecule has 1 unspecified atom stereocenters. The Hall–Kier alpha value is 0.0400. The van der Waals surface area contributed by atoms with Gasteiger partial charge in [-0.25, -0.2) is 4.98 Å². The van der Waals surface area contributed by atoms with Crippen molar-refractivity contribution in [2.45, 2.75) is 12.2 Å². The van der Waals surface area contributed by atoms with Crippen molar-refractivity contribution >= 4 is 54.5 Å². The average molecular weight is 436 g/mol. The molecule has 2 heterocycles. The van der Waals surface area contributed by atoms with E-state index < -0.39 is 11.2 Å². The molecule has 0 saturated heterocycles. The van der Waals surface area contributed by atoms with E-state index in [1.165, 1.54) is 17.5 Å². The van der Waals surface area contributed by atoms with E-state index in [-0.39, 0.29) is 6.04 Å². The maximum Gasteiger partial charge on any atom is 0.443 e. The average Bonchev–Trinajstić information content (AvgIpc) is 2.87. The maximum absolute atomic E-state index is 12.6. The van der Waals surface area contributed by atoms with Crippen molar-refractivity contribution in [3.05, 3.63) is 35.3 Å². The smallest absolute Gasteiger partial charge is 0.309 e. The molecular weight excluding hydrogens is 429 g/mol. The highest BCUT2D eigenvalue weighted by Gasteiger charge is 2.35. The number of nitrogens with zero attached hydrogens (tertiary/aromatic N) is 1. The first-order valence-corrected chi connectivity index (χ1v) is 8.19. The van der Waals surface area contributed by atoms with Crippen LogP contribution in [0.25, 0.3) is 0 Å². The fourth-order valence-electron chi connectivity index (χ4n) is 1.55. The standard InChI is InChI=1S/C10H7Br2F3N2S2/c1-16-7(4-2-6(11)19-8(4)12)5-3-17-9(18-5)10(13,14)15/h2-3,7,16H,1H3. The molecule has 1 N–H and O–H groups in total. The van der Waals surface area contributed by atoms with Crippen LogP contribution in [0.5, 0.6) is 0 Å². The lowest BCUT2D eigenvalue weighted by Crippen LogP contribution is -2.16. The molecule has 0 bridgehead atoms. The number of hydrogen-bond donors (Lipinski definition) is 1. The Morgan fingerprint density at radius 2 is 2.00 bits per heavy atom. The summed E-state index contributed by atoms with van der Waals surface area (Å²) in [6.45, 7) is 0. The van der Waals surface area contributed by atoms with E-state index in [4.69, 9.17) is 0 Å². The number of rotatable bonds is 3. The van der Waals surface area contributed by atoms with Crippen molar-refractivity contribution in [2.24, 2.45) is 0 Å². The monoisotopic (exact) mass is 434 g/mol. The molecule has 0 radical (unpaired) electrons. The summed E-state index contributed by atoms with van der Waals surface area (Å²) in [5, 5.41) is 2.19. The van der Waals surface area contributed by atoms with Gasteiger partial charge in [0.25, 0.3) is 0 Å². The molecule has 9 heteroatoms. The third kappa shape index (κ3) is 3.38. The Balaban J connectivity index is 2.38. The number of aromatic nitrogens is 1. The quantitative estimate of drug-likeness (QED) is 0.728. The number of nitrogens with one attached hydrogen (secondary N) is 1. The van der Waals surface area contributed by atoms with E-state index in [9.17, 15) is 13.2 Å². The summed E-state index contributed by atoms with van der Waals surface area (Å²) in [6.07, 6.45) is -3.12. The third-order valence-electron chi connectivity index (χ3n) is 2.33. The van der Waals surface area contributed by atoms with Gasteiger partial charge in [0.1, 0.15) is 0 Å². The van der Waals surface area contributed by atoms with Gasteiger partial charge >= 0.3 is 6.18 Å². The first-order valence-electron chi connectivity index (χ1n) is 4.98. The van der Waals surface area contributed by atoms with Crippen molar-refractivity contribution in [1.29, 1.82) is 0 Å². The van der Waals surface area contributed by atoms with Crippen LogP contribution in [0, 0.1) is 0 Å². The normalized spacial score (nSPS) is 13.8. The van der Waals surface area contributed by atoms with Crippen LogP contribution in [0.4, 0.5) is 13.2 Å². The van der Waals surface area contributed by atoms with Crippen LogP contribution in [0.1, 0.15) is 21.5 Å². The molecule has 0 aliphatic carbocycles. The number of thiazole rings is 1. The Morgan fingerprint density at radius 1 is 1.32 bits per heavy atom. The highest BCUT2D eigenvalue weighted by atomic mass is 79.9. The Bertz CT molecular complexity index is 580. The van der Waals surface area contributed by atoms with Gasteiger partial charge in [-0.1, -0.05) is 0 Å². The second-order valence-electron chi connectivity index (χ2n) is 3.57. The van der Waals surface area contributed by atoms with Gasteiger partial charge in [-0.15, -0.1) is 22.7 Å². The van der Waals surface area contributed by atoms with Gasteiger partial charge < -0.3 is 5.32 Å². The van der Waals surface area contributed by atoms with Crippen LogP contribution in [0.2, 0.25) is 0 Å². The van der Waals surface area contributed by atoms with Gasteiger partial charge in [-0.05, 0) is 45.0 Å². The molecule has 2 aromatic rings.